The summed E-state index contributed by atoms with van der Waals surface area (Å²) in [5, 5.41) is 17.7. The monoisotopic (exact) mass is 374 g/mol. The number of rotatable bonds is 4. The molecule has 138 valence electrons. The largest absolute Gasteiger partial charge is 0.287 e. The van der Waals surface area contributed by atoms with Gasteiger partial charge in [-0.3, -0.25) is 25.5 Å². The van der Waals surface area contributed by atoms with Gasteiger partial charge in [-0.15, -0.1) is 5.10 Å². The molecule has 10 heteroatoms. The van der Waals surface area contributed by atoms with Crippen molar-refractivity contribution in [3.8, 4) is 16.9 Å². The number of hydrazine groups is 1. The number of tetrazole rings is 1. The van der Waals surface area contributed by atoms with Gasteiger partial charge in [0.2, 0.25) is 0 Å². The summed E-state index contributed by atoms with van der Waals surface area (Å²) in [5.74, 6) is -0.995. The van der Waals surface area contributed by atoms with E-state index in [1.807, 2.05) is 30.3 Å². The zero-order valence-electron chi connectivity index (χ0n) is 14.4. The molecule has 0 fully saturated rings. The molecule has 0 unspecified atom stereocenters. The van der Waals surface area contributed by atoms with Crippen molar-refractivity contribution in [3.05, 3.63) is 78.2 Å². The lowest BCUT2D eigenvalue weighted by atomic mass is 10.1. The fraction of sp³-hybridized carbons (Fsp3) is 0. The Labute approximate surface area is 158 Å². The molecular weight excluding hydrogens is 360 g/mol. The molecule has 4 aromatic rings. The molecule has 2 heterocycles. The average molecular weight is 374 g/mol. The van der Waals surface area contributed by atoms with Crippen LogP contribution in [0.2, 0.25) is 0 Å². The number of H-pyrrole nitrogens is 1. The van der Waals surface area contributed by atoms with Gasteiger partial charge in [-0.1, -0.05) is 36.4 Å². The van der Waals surface area contributed by atoms with E-state index >= 15 is 0 Å². The van der Waals surface area contributed by atoms with Crippen LogP contribution in [0.5, 0.6) is 0 Å². The molecule has 3 N–H and O–H groups in total. The van der Waals surface area contributed by atoms with Crippen LogP contribution in [-0.4, -0.2) is 42.2 Å². The third-order valence-corrected chi connectivity index (χ3v) is 3.90. The second-order valence-electron chi connectivity index (χ2n) is 5.75. The molecule has 2 aromatic carbocycles. The Balaban J connectivity index is 1.41. The summed E-state index contributed by atoms with van der Waals surface area (Å²) in [4.78, 5) is 24.6. The number of carbonyl (C=O) groups is 2. The number of benzene rings is 2. The number of nitrogens with one attached hydrogen (secondary N) is 3. The summed E-state index contributed by atoms with van der Waals surface area (Å²) in [6.07, 6.45) is 1.42. The SMILES string of the molecule is O=C(NNC(=O)c1cc(-c2ccccc2)n[nH]1)c1cccc(-n2cnnn2)c1. The lowest BCUT2D eigenvalue weighted by molar-refractivity contribution is 0.0844. The first-order valence-corrected chi connectivity index (χ1v) is 8.25. The molecule has 2 amide bonds. The van der Waals surface area contributed by atoms with E-state index in [2.05, 4.69) is 36.6 Å². The van der Waals surface area contributed by atoms with E-state index in [0.29, 0.717) is 16.9 Å². The fourth-order valence-corrected chi connectivity index (χ4v) is 2.52. The van der Waals surface area contributed by atoms with E-state index < -0.39 is 11.8 Å². The highest BCUT2D eigenvalue weighted by Gasteiger charge is 2.13. The minimum absolute atomic E-state index is 0.224. The molecule has 4 rings (SSSR count). The van der Waals surface area contributed by atoms with Gasteiger partial charge in [-0.25, -0.2) is 4.68 Å². The molecule has 0 saturated heterocycles. The van der Waals surface area contributed by atoms with Gasteiger partial charge < -0.3 is 0 Å². The third-order valence-electron chi connectivity index (χ3n) is 3.90. The molecule has 0 bridgehead atoms. The minimum Gasteiger partial charge on any atom is -0.272 e. The molecule has 10 nitrogen and oxygen atoms in total. The Morgan fingerprint density at radius 1 is 0.929 bits per heavy atom. The van der Waals surface area contributed by atoms with Crippen LogP contribution in [0.3, 0.4) is 0 Å². The molecule has 0 atom stereocenters. The van der Waals surface area contributed by atoms with Gasteiger partial charge in [-0.2, -0.15) is 5.10 Å². The Kier molecular flexibility index (Phi) is 4.58. The van der Waals surface area contributed by atoms with Gasteiger partial charge in [0.05, 0.1) is 11.4 Å². The Morgan fingerprint density at radius 3 is 2.54 bits per heavy atom. The molecule has 0 saturated carbocycles. The van der Waals surface area contributed by atoms with Crippen LogP contribution < -0.4 is 10.9 Å². The summed E-state index contributed by atoms with van der Waals surface area (Å²) in [7, 11) is 0. The van der Waals surface area contributed by atoms with Gasteiger partial charge in [-0.05, 0) is 34.7 Å². The number of hydrogen-bond donors (Lipinski definition) is 3. The van der Waals surface area contributed by atoms with Gasteiger partial charge in [0.1, 0.15) is 12.0 Å². The first-order chi connectivity index (χ1) is 13.7. The van der Waals surface area contributed by atoms with Gasteiger partial charge in [0.15, 0.2) is 0 Å². The van der Waals surface area contributed by atoms with Crippen molar-refractivity contribution in [2.75, 3.05) is 0 Å². The van der Waals surface area contributed by atoms with Crippen LogP contribution in [0.1, 0.15) is 20.8 Å². The second-order valence-corrected chi connectivity index (χ2v) is 5.75. The number of aromatic nitrogens is 6. The predicted molar refractivity (Wildman–Crippen MR) is 98.1 cm³/mol. The van der Waals surface area contributed by atoms with E-state index in [9.17, 15) is 9.59 Å². The van der Waals surface area contributed by atoms with E-state index in [4.69, 9.17) is 0 Å². The maximum Gasteiger partial charge on any atom is 0.287 e. The highest BCUT2D eigenvalue weighted by atomic mass is 16.2. The molecule has 28 heavy (non-hydrogen) atoms. The standard InChI is InChI=1S/C18H14N8O2/c27-17(13-7-4-8-14(9-13)26-11-19-24-25-26)22-23-18(28)16-10-15(20-21-16)12-5-2-1-3-6-12/h1-11H,(H,20,21)(H,22,27)(H,23,28). The first kappa shape index (κ1) is 17.1. The maximum atomic E-state index is 12.3. The summed E-state index contributed by atoms with van der Waals surface area (Å²) in [5.41, 5.74) is 7.41. The van der Waals surface area contributed by atoms with E-state index in [1.165, 1.54) is 11.0 Å². The zero-order chi connectivity index (χ0) is 19.3. The van der Waals surface area contributed by atoms with Crippen molar-refractivity contribution >= 4 is 11.8 Å². The quantitative estimate of drug-likeness (QED) is 0.459. The van der Waals surface area contributed by atoms with E-state index in [-0.39, 0.29) is 5.69 Å². The summed E-state index contributed by atoms with van der Waals surface area (Å²) in [6, 6.07) is 17.7. The summed E-state index contributed by atoms with van der Waals surface area (Å²) < 4.78 is 1.42. The van der Waals surface area contributed by atoms with Gasteiger partial charge in [0.25, 0.3) is 11.8 Å². The smallest absolute Gasteiger partial charge is 0.272 e. The maximum absolute atomic E-state index is 12.3. The fourth-order valence-electron chi connectivity index (χ4n) is 2.52. The molecule has 0 spiro atoms. The highest BCUT2D eigenvalue weighted by molar-refractivity contribution is 5.98. The zero-order valence-corrected chi connectivity index (χ0v) is 14.4. The van der Waals surface area contributed by atoms with Crippen LogP contribution in [0.15, 0.2) is 67.0 Å². The summed E-state index contributed by atoms with van der Waals surface area (Å²) >= 11 is 0. The number of aromatic amines is 1. The lowest BCUT2D eigenvalue weighted by Gasteiger charge is -2.07. The van der Waals surface area contributed by atoms with Crippen LogP contribution in [0, 0.1) is 0 Å². The lowest BCUT2D eigenvalue weighted by Crippen LogP contribution is -2.41. The predicted octanol–water partition coefficient (Wildman–Crippen LogP) is 1.13. The Hall–Kier alpha value is -4.34. The summed E-state index contributed by atoms with van der Waals surface area (Å²) in [6.45, 7) is 0. The Bertz CT molecular complexity index is 1110. The number of nitrogens with zero attached hydrogens (tertiary/aromatic N) is 5. The van der Waals surface area contributed by atoms with Crippen molar-refractivity contribution in [1.82, 2.24) is 41.3 Å². The molecule has 2 aromatic heterocycles. The molecule has 0 radical (unpaired) electrons. The number of hydrogen-bond acceptors (Lipinski definition) is 6. The molecular formula is C18H14N8O2. The molecule has 0 aliphatic heterocycles. The topological polar surface area (TPSA) is 130 Å². The second kappa shape index (κ2) is 7.50. The van der Waals surface area contributed by atoms with Crippen molar-refractivity contribution in [3.63, 3.8) is 0 Å². The van der Waals surface area contributed by atoms with Gasteiger partial charge in [0, 0.05) is 11.1 Å². The van der Waals surface area contributed by atoms with Crippen molar-refractivity contribution in [2.45, 2.75) is 0 Å². The van der Waals surface area contributed by atoms with Crippen molar-refractivity contribution in [2.24, 2.45) is 0 Å². The third kappa shape index (κ3) is 3.60. The van der Waals surface area contributed by atoms with Crippen LogP contribution in [-0.2, 0) is 0 Å². The van der Waals surface area contributed by atoms with E-state index in [1.54, 1.807) is 30.3 Å². The highest BCUT2D eigenvalue weighted by Crippen LogP contribution is 2.16. The van der Waals surface area contributed by atoms with Crippen molar-refractivity contribution in [1.29, 1.82) is 0 Å². The molecule has 0 aliphatic carbocycles. The van der Waals surface area contributed by atoms with E-state index in [0.717, 1.165) is 5.56 Å². The van der Waals surface area contributed by atoms with Crippen LogP contribution in [0.4, 0.5) is 0 Å². The van der Waals surface area contributed by atoms with Crippen LogP contribution >= 0.6 is 0 Å². The Morgan fingerprint density at radius 2 is 1.75 bits per heavy atom. The molecule has 0 aliphatic rings. The average Bonchev–Trinajstić information content (AvgIpc) is 3.45. The normalized spacial score (nSPS) is 10.4. The van der Waals surface area contributed by atoms with Crippen molar-refractivity contribution < 1.29 is 9.59 Å². The van der Waals surface area contributed by atoms with Crippen LogP contribution in [0.25, 0.3) is 16.9 Å². The minimum atomic E-state index is -0.514. The number of carbonyl (C=O) groups excluding carboxylic acids is 2. The first-order valence-electron chi connectivity index (χ1n) is 8.25. The number of amides is 2. The van der Waals surface area contributed by atoms with Gasteiger partial charge >= 0.3 is 0 Å².